The zero-order valence-corrected chi connectivity index (χ0v) is 19.8. The van der Waals surface area contributed by atoms with Crippen LogP contribution in [0.5, 0.6) is 0 Å². The molecule has 1 saturated heterocycles. The highest BCUT2D eigenvalue weighted by atomic mass is 19.4. The molecule has 0 bridgehead atoms. The van der Waals surface area contributed by atoms with E-state index in [1.807, 2.05) is 34.9 Å². The number of nitrogens with one attached hydrogen (secondary N) is 1. The Bertz CT molecular complexity index is 1240. The Morgan fingerprint density at radius 1 is 1.11 bits per heavy atom. The number of halogens is 4. The molecule has 11 heteroatoms. The van der Waals surface area contributed by atoms with Crippen LogP contribution in [0.2, 0.25) is 0 Å². The number of aromatic nitrogens is 2. The summed E-state index contributed by atoms with van der Waals surface area (Å²) >= 11 is 0. The minimum atomic E-state index is -4.67. The van der Waals surface area contributed by atoms with E-state index >= 15 is 0 Å². The normalized spacial score (nSPS) is 15.4. The smallest absolute Gasteiger partial charge is 0.416 e. The molecule has 0 radical (unpaired) electrons. The van der Waals surface area contributed by atoms with Crippen LogP contribution in [0.4, 0.5) is 23.2 Å². The lowest BCUT2D eigenvalue weighted by atomic mass is 9.94. The van der Waals surface area contributed by atoms with Crippen molar-refractivity contribution in [1.29, 1.82) is 0 Å². The molecule has 0 unspecified atom stereocenters. The summed E-state index contributed by atoms with van der Waals surface area (Å²) < 4.78 is 54.7. The van der Waals surface area contributed by atoms with Crippen LogP contribution in [-0.2, 0) is 28.7 Å². The highest BCUT2D eigenvalue weighted by Crippen LogP contribution is 2.34. The Morgan fingerprint density at radius 3 is 2.46 bits per heavy atom. The molecule has 1 atom stereocenters. The minimum absolute atomic E-state index is 0.00518. The second kappa shape index (κ2) is 11.0. The van der Waals surface area contributed by atoms with Gasteiger partial charge in [0.05, 0.1) is 17.6 Å². The van der Waals surface area contributed by atoms with Crippen molar-refractivity contribution in [3.63, 3.8) is 0 Å². The highest BCUT2D eigenvalue weighted by molar-refractivity contribution is 5.85. The molecular weight excluding hydrogens is 492 g/mol. The van der Waals surface area contributed by atoms with Gasteiger partial charge in [0, 0.05) is 43.9 Å². The van der Waals surface area contributed by atoms with Crippen molar-refractivity contribution in [3.8, 4) is 0 Å². The lowest BCUT2D eigenvalue weighted by Crippen LogP contribution is -2.47. The Labute approximate surface area is 210 Å². The zero-order valence-electron chi connectivity index (χ0n) is 19.8. The van der Waals surface area contributed by atoms with Crippen molar-refractivity contribution in [1.82, 2.24) is 14.9 Å². The van der Waals surface area contributed by atoms with E-state index in [2.05, 4.69) is 10.3 Å². The molecule has 2 N–H and O–H groups in total. The molecule has 7 nitrogen and oxygen atoms in total. The number of amides is 1. The fourth-order valence-electron chi connectivity index (χ4n) is 4.41. The molecule has 1 aliphatic rings. The van der Waals surface area contributed by atoms with Gasteiger partial charge in [-0.05, 0) is 36.6 Å². The van der Waals surface area contributed by atoms with Crippen molar-refractivity contribution >= 4 is 17.6 Å². The minimum Gasteiger partial charge on any atom is -0.480 e. The summed E-state index contributed by atoms with van der Waals surface area (Å²) in [6.07, 6.45) is -0.732. The van der Waals surface area contributed by atoms with Gasteiger partial charge in [0.15, 0.2) is 0 Å². The van der Waals surface area contributed by atoms with Crippen molar-refractivity contribution in [3.05, 3.63) is 83.7 Å². The Kier molecular flexibility index (Phi) is 7.80. The maximum Gasteiger partial charge on any atom is 0.416 e. The number of carbonyl (C=O) groups is 2. The maximum absolute atomic E-state index is 13.8. The number of rotatable bonds is 8. The van der Waals surface area contributed by atoms with Crippen LogP contribution >= 0.6 is 0 Å². The van der Waals surface area contributed by atoms with E-state index in [-0.39, 0.29) is 25.2 Å². The number of nitrogens with zero attached hydrogens (tertiary/aromatic N) is 3. The van der Waals surface area contributed by atoms with Gasteiger partial charge in [-0.1, -0.05) is 30.3 Å². The zero-order chi connectivity index (χ0) is 26.6. The number of carboxylic acid groups (broad SMARTS) is 1. The number of benzene rings is 2. The summed E-state index contributed by atoms with van der Waals surface area (Å²) in [5, 5.41) is 12.2. The van der Waals surface area contributed by atoms with E-state index in [9.17, 15) is 32.3 Å². The first kappa shape index (κ1) is 26.2. The Balaban J connectivity index is 1.33. The molecule has 2 heterocycles. The molecule has 1 aromatic heterocycles. The number of anilines is 1. The van der Waals surface area contributed by atoms with Crippen LogP contribution in [0.1, 0.15) is 29.7 Å². The van der Waals surface area contributed by atoms with Crippen molar-refractivity contribution in [2.45, 2.75) is 38.0 Å². The fourth-order valence-corrected chi connectivity index (χ4v) is 4.41. The molecule has 1 fully saturated rings. The van der Waals surface area contributed by atoms with Crippen molar-refractivity contribution in [2.75, 3.05) is 18.0 Å². The number of hydrogen-bond donors (Lipinski definition) is 2. The summed E-state index contributed by atoms with van der Waals surface area (Å²) in [7, 11) is 0. The second-order valence-corrected chi connectivity index (χ2v) is 9.08. The van der Waals surface area contributed by atoms with Gasteiger partial charge in [0.25, 0.3) is 0 Å². The molecule has 196 valence electrons. The van der Waals surface area contributed by atoms with E-state index < -0.39 is 41.4 Å². The van der Waals surface area contributed by atoms with Gasteiger partial charge in [-0.2, -0.15) is 13.2 Å². The van der Waals surface area contributed by atoms with Gasteiger partial charge in [-0.15, -0.1) is 0 Å². The average molecular weight is 519 g/mol. The third-order valence-corrected chi connectivity index (χ3v) is 6.36. The lowest BCUT2D eigenvalue weighted by Gasteiger charge is -2.33. The number of piperidine rings is 1. The van der Waals surface area contributed by atoms with Crippen LogP contribution in [0, 0.1) is 11.7 Å². The van der Waals surface area contributed by atoms with Gasteiger partial charge in [0.1, 0.15) is 11.9 Å². The largest absolute Gasteiger partial charge is 0.480 e. The van der Waals surface area contributed by atoms with E-state index in [4.69, 9.17) is 0 Å². The monoisotopic (exact) mass is 518 g/mol. The topological polar surface area (TPSA) is 87.5 Å². The first-order chi connectivity index (χ1) is 17.6. The van der Waals surface area contributed by atoms with E-state index in [1.165, 1.54) is 0 Å². The number of carbonyl (C=O) groups excluding carboxylic acids is 1. The van der Waals surface area contributed by atoms with Crippen LogP contribution in [0.25, 0.3) is 0 Å². The Morgan fingerprint density at radius 2 is 1.81 bits per heavy atom. The molecule has 0 spiro atoms. The molecular formula is C26H26F4N4O3. The highest BCUT2D eigenvalue weighted by Gasteiger charge is 2.33. The third-order valence-electron chi connectivity index (χ3n) is 6.36. The molecule has 4 rings (SSSR count). The third kappa shape index (κ3) is 6.87. The predicted octanol–water partition coefficient (Wildman–Crippen LogP) is 4.12. The van der Waals surface area contributed by atoms with Crippen molar-refractivity contribution < 1.29 is 32.3 Å². The maximum atomic E-state index is 13.8. The van der Waals surface area contributed by atoms with Crippen LogP contribution in [0.15, 0.2) is 61.1 Å². The number of alkyl halides is 3. The predicted molar refractivity (Wildman–Crippen MR) is 127 cm³/mol. The molecule has 3 aromatic rings. The van der Waals surface area contributed by atoms with E-state index in [0.717, 1.165) is 17.7 Å². The summed E-state index contributed by atoms with van der Waals surface area (Å²) in [6.45, 7) is 1.05. The molecule has 1 aliphatic heterocycles. The molecule has 0 saturated carbocycles. The SMILES string of the molecule is O=C(N[C@@H](Cc1cn(Cc2ccccc2)cn1)C(=O)O)C1CCN(c2cc(F)cc(C(F)(F)F)c2)CC1. The number of imidazole rings is 1. The molecule has 1 amide bonds. The molecule has 2 aromatic carbocycles. The summed E-state index contributed by atoms with van der Waals surface area (Å²) in [5.74, 6) is -3.13. The van der Waals surface area contributed by atoms with Crippen LogP contribution < -0.4 is 10.2 Å². The quantitative estimate of drug-likeness (QED) is 0.438. The van der Waals surface area contributed by atoms with Gasteiger partial charge < -0.3 is 19.9 Å². The van der Waals surface area contributed by atoms with Gasteiger partial charge in [-0.25, -0.2) is 14.2 Å². The summed E-state index contributed by atoms with van der Waals surface area (Å²) in [5.41, 5.74) is 0.609. The van der Waals surface area contributed by atoms with E-state index in [0.29, 0.717) is 31.1 Å². The summed E-state index contributed by atoms with van der Waals surface area (Å²) in [4.78, 5) is 30.5. The average Bonchev–Trinajstić information content (AvgIpc) is 3.30. The Hall–Kier alpha value is -3.89. The molecule has 0 aliphatic carbocycles. The van der Waals surface area contributed by atoms with Crippen LogP contribution in [-0.4, -0.2) is 45.7 Å². The van der Waals surface area contributed by atoms with E-state index in [1.54, 1.807) is 17.4 Å². The van der Waals surface area contributed by atoms with Gasteiger partial charge in [-0.3, -0.25) is 4.79 Å². The molecule has 37 heavy (non-hydrogen) atoms. The van der Waals surface area contributed by atoms with Gasteiger partial charge >= 0.3 is 12.1 Å². The van der Waals surface area contributed by atoms with Gasteiger partial charge in [0.2, 0.25) is 5.91 Å². The van der Waals surface area contributed by atoms with Crippen LogP contribution in [0.3, 0.4) is 0 Å². The first-order valence-electron chi connectivity index (χ1n) is 11.8. The summed E-state index contributed by atoms with van der Waals surface area (Å²) in [6, 6.07) is 10.9. The number of carboxylic acids is 1. The number of hydrogen-bond acceptors (Lipinski definition) is 4. The first-order valence-corrected chi connectivity index (χ1v) is 11.8. The standard InChI is InChI=1S/C26H26F4N4O3/c27-20-10-19(26(28,29)30)11-22(12-20)34-8-6-18(7-9-34)24(35)32-23(25(36)37)13-21-15-33(16-31-21)14-17-4-2-1-3-5-17/h1-5,10-12,15-16,18,23H,6-9,13-14H2,(H,32,35)(H,36,37)/t23-/m0/s1. The van der Waals surface area contributed by atoms with Crippen molar-refractivity contribution in [2.24, 2.45) is 5.92 Å². The lowest BCUT2D eigenvalue weighted by molar-refractivity contribution is -0.142. The number of aliphatic carboxylic acids is 1. The fraction of sp³-hybridized carbons (Fsp3) is 0.346. The second-order valence-electron chi connectivity index (χ2n) is 9.08.